The minimum atomic E-state index is -0.782. The second-order valence-electron chi connectivity index (χ2n) is 18.1. The SMILES string of the molecule is CC/C=C\C/C=C\C/C=C\CCCCCCCCCCCC(=O)OCC(COC(=O)CCC/C=C\CCCCCC)OC(=O)CCCCCCCCCCCCCCCCCCC. The van der Waals surface area contributed by atoms with Gasteiger partial charge in [-0.2, -0.15) is 0 Å². The first kappa shape index (κ1) is 60.4. The summed E-state index contributed by atoms with van der Waals surface area (Å²) in [6.45, 7) is 6.49. The molecule has 1 atom stereocenters. The van der Waals surface area contributed by atoms with Gasteiger partial charge in [-0.1, -0.05) is 236 Å². The van der Waals surface area contributed by atoms with Gasteiger partial charge in [0.15, 0.2) is 6.10 Å². The van der Waals surface area contributed by atoms with Crippen molar-refractivity contribution >= 4 is 17.9 Å². The van der Waals surface area contributed by atoms with Gasteiger partial charge in [0.25, 0.3) is 0 Å². The Morgan fingerprint density at radius 1 is 0.333 bits per heavy atom. The Morgan fingerprint density at radius 2 is 0.635 bits per heavy atom. The molecule has 1 unspecified atom stereocenters. The number of hydrogen-bond acceptors (Lipinski definition) is 6. The van der Waals surface area contributed by atoms with Gasteiger partial charge in [-0.25, -0.2) is 0 Å². The first-order valence-corrected chi connectivity index (χ1v) is 27.1. The third-order valence-electron chi connectivity index (χ3n) is 11.8. The van der Waals surface area contributed by atoms with Crippen molar-refractivity contribution in [3.8, 4) is 0 Å². The van der Waals surface area contributed by atoms with Gasteiger partial charge in [0.1, 0.15) is 13.2 Å². The van der Waals surface area contributed by atoms with Gasteiger partial charge < -0.3 is 14.2 Å². The molecule has 0 aliphatic rings. The van der Waals surface area contributed by atoms with Crippen molar-refractivity contribution in [3.05, 3.63) is 48.6 Å². The van der Waals surface area contributed by atoms with Crippen LogP contribution in [0.3, 0.4) is 0 Å². The molecule has 63 heavy (non-hydrogen) atoms. The first-order valence-electron chi connectivity index (χ1n) is 27.1. The molecule has 0 heterocycles. The number of carbonyl (C=O) groups excluding carboxylic acids is 3. The van der Waals surface area contributed by atoms with Crippen molar-refractivity contribution in [2.24, 2.45) is 0 Å². The lowest BCUT2D eigenvalue weighted by atomic mass is 10.0. The molecule has 0 N–H and O–H groups in total. The molecule has 0 bridgehead atoms. The number of rotatable bonds is 49. The lowest BCUT2D eigenvalue weighted by molar-refractivity contribution is -0.167. The van der Waals surface area contributed by atoms with Crippen molar-refractivity contribution in [2.75, 3.05) is 13.2 Å². The Kier molecular flexibility index (Phi) is 49.8. The maximum absolute atomic E-state index is 12.8. The number of unbranched alkanes of at least 4 members (excludes halogenated alkanes) is 30. The third kappa shape index (κ3) is 50.2. The molecule has 6 nitrogen and oxygen atoms in total. The number of esters is 3. The van der Waals surface area contributed by atoms with E-state index in [9.17, 15) is 14.4 Å². The van der Waals surface area contributed by atoms with Gasteiger partial charge in [-0.15, -0.1) is 0 Å². The minimum Gasteiger partial charge on any atom is -0.462 e. The molecule has 0 spiro atoms. The third-order valence-corrected chi connectivity index (χ3v) is 11.8. The normalized spacial score (nSPS) is 12.4. The summed E-state index contributed by atoms with van der Waals surface area (Å²) in [6.07, 6.45) is 62.5. The molecule has 0 rings (SSSR count). The zero-order valence-corrected chi connectivity index (χ0v) is 41.8. The highest BCUT2D eigenvalue weighted by Gasteiger charge is 2.19. The Labute approximate surface area is 390 Å². The number of allylic oxidation sites excluding steroid dienone is 8. The molecule has 0 aromatic carbocycles. The molecule has 0 saturated heterocycles. The van der Waals surface area contributed by atoms with Gasteiger partial charge in [0.05, 0.1) is 0 Å². The summed E-state index contributed by atoms with van der Waals surface area (Å²) in [6, 6.07) is 0. The predicted octanol–water partition coefficient (Wildman–Crippen LogP) is 17.9. The Bertz CT molecular complexity index is 1110. The van der Waals surface area contributed by atoms with Crippen molar-refractivity contribution < 1.29 is 28.6 Å². The van der Waals surface area contributed by atoms with Crippen LogP contribution in [0, 0.1) is 0 Å². The van der Waals surface area contributed by atoms with Crippen molar-refractivity contribution in [3.63, 3.8) is 0 Å². The molecule has 0 radical (unpaired) electrons. The summed E-state index contributed by atoms with van der Waals surface area (Å²) in [5.41, 5.74) is 0. The molecular formula is C57H102O6. The van der Waals surface area contributed by atoms with Gasteiger partial charge in [-0.05, 0) is 70.6 Å². The average Bonchev–Trinajstić information content (AvgIpc) is 3.28. The standard InChI is InChI=1S/C57H102O6/c1-4-7-10-13-16-19-21-23-25-27-28-30-31-33-35-38-41-44-47-50-56(59)62-53-54(52-61-55(58)49-46-43-40-37-18-15-12-9-6-3)63-57(60)51-48-45-42-39-36-34-32-29-26-24-22-20-17-14-11-8-5-2/h7,10,16,19,23,25,37,40,54H,4-6,8-9,11-15,17-18,20-22,24,26-36,38-39,41-53H2,1-3H3/b10-7-,19-16-,25-23-,40-37-. The van der Waals surface area contributed by atoms with E-state index in [1.807, 2.05) is 0 Å². The molecule has 0 fully saturated rings. The van der Waals surface area contributed by atoms with Crippen LogP contribution in [-0.2, 0) is 28.6 Å². The second-order valence-corrected chi connectivity index (χ2v) is 18.1. The number of ether oxygens (including phenoxy) is 3. The van der Waals surface area contributed by atoms with Crippen LogP contribution in [0.5, 0.6) is 0 Å². The lowest BCUT2D eigenvalue weighted by Crippen LogP contribution is -2.30. The summed E-state index contributed by atoms with van der Waals surface area (Å²) in [4.78, 5) is 37.9. The largest absolute Gasteiger partial charge is 0.462 e. The average molecular weight is 883 g/mol. The van der Waals surface area contributed by atoms with Crippen LogP contribution in [0.4, 0.5) is 0 Å². The predicted molar refractivity (Wildman–Crippen MR) is 270 cm³/mol. The van der Waals surface area contributed by atoms with Crippen LogP contribution in [0.25, 0.3) is 0 Å². The number of carbonyl (C=O) groups is 3. The molecule has 366 valence electrons. The monoisotopic (exact) mass is 883 g/mol. The van der Waals surface area contributed by atoms with E-state index in [4.69, 9.17) is 14.2 Å². The summed E-state index contributed by atoms with van der Waals surface area (Å²) in [5, 5.41) is 0. The van der Waals surface area contributed by atoms with Crippen LogP contribution in [0.2, 0.25) is 0 Å². The van der Waals surface area contributed by atoms with Crippen molar-refractivity contribution in [1.82, 2.24) is 0 Å². The Morgan fingerprint density at radius 3 is 1.06 bits per heavy atom. The quantitative estimate of drug-likeness (QED) is 0.0262. The fraction of sp³-hybridized carbons (Fsp3) is 0.807. The van der Waals surface area contributed by atoms with E-state index < -0.39 is 6.10 Å². The highest BCUT2D eigenvalue weighted by molar-refractivity contribution is 5.71. The molecular weight excluding hydrogens is 781 g/mol. The summed E-state index contributed by atoms with van der Waals surface area (Å²) in [5.74, 6) is -0.913. The zero-order valence-electron chi connectivity index (χ0n) is 41.8. The maximum Gasteiger partial charge on any atom is 0.306 e. The zero-order chi connectivity index (χ0) is 45.8. The molecule has 0 aromatic heterocycles. The molecule has 6 heteroatoms. The number of hydrogen-bond donors (Lipinski definition) is 0. The summed E-state index contributed by atoms with van der Waals surface area (Å²) < 4.78 is 16.8. The van der Waals surface area contributed by atoms with Crippen LogP contribution in [-0.4, -0.2) is 37.2 Å². The van der Waals surface area contributed by atoms with Crippen LogP contribution < -0.4 is 0 Å². The van der Waals surface area contributed by atoms with Crippen LogP contribution >= 0.6 is 0 Å². The Hall–Kier alpha value is -2.63. The summed E-state index contributed by atoms with van der Waals surface area (Å²) in [7, 11) is 0. The van der Waals surface area contributed by atoms with Gasteiger partial charge >= 0.3 is 17.9 Å². The van der Waals surface area contributed by atoms with E-state index in [2.05, 4.69) is 69.4 Å². The van der Waals surface area contributed by atoms with Gasteiger partial charge in [-0.3, -0.25) is 14.4 Å². The maximum atomic E-state index is 12.8. The van der Waals surface area contributed by atoms with E-state index in [0.29, 0.717) is 19.3 Å². The Balaban J connectivity index is 4.28. The summed E-state index contributed by atoms with van der Waals surface area (Å²) >= 11 is 0. The molecule has 0 aliphatic carbocycles. The van der Waals surface area contributed by atoms with E-state index in [1.54, 1.807) is 0 Å². The van der Waals surface area contributed by atoms with E-state index in [-0.39, 0.29) is 31.1 Å². The lowest BCUT2D eigenvalue weighted by Gasteiger charge is -2.18. The highest BCUT2D eigenvalue weighted by Crippen LogP contribution is 2.16. The van der Waals surface area contributed by atoms with Crippen LogP contribution in [0.1, 0.15) is 278 Å². The fourth-order valence-corrected chi connectivity index (χ4v) is 7.76. The minimum absolute atomic E-state index is 0.0819. The van der Waals surface area contributed by atoms with E-state index in [0.717, 1.165) is 77.0 Å². The first-order chi connectivity index (χ1) is 31.0. The molecule has 0 aromatic rings. The highest BCUT2D eigenvalue weighted by atomic mass is 16.6. The molecule has 0 saturated carbocycles. The molecule has 0 aliphatic heterocycles. The van der Waals surface area contributed by atoms with Gasteiger partial charge in [0.2, 0.25) is 0 Å². The topological polar surface area (TPSA) is 78.9 Å². The second kappa shape index (κ2) is 52.0. The smallest absolute Gasteiger partial charge is 0.306 e. The fourth-order valence-electron chi connectivity index (χ4n) is 7.76. The van der Waals surface area contributed by atoms with E-state index >= 15 is 0 Å². The van der Waals surface area contributed by atoms with E-state index in [1.165, 1.54) is 161 Å². The van der Waals surface area contributed by atoms with Gasteiger partial charge in [0, 0.05) is 19.3 Å². The van der Waals surface area contributed by atoms with Crippen molar-refractivity contribution in [1.29, 1.82) is 0 Å². The van der Waals surface area contributed by atoms with Crippen LogP contribution in [0.15, 0.2) is 48.6 Å². The molecule has 0 amide bonds. The van der Waals surface area contributed by atoms with Crippen molar-refractivity contribution in [2.45, 2.75) is 284 Å².